The van der Waals surface area contributed by atoms with E-state index in [1.165, 1.54) is 0 Å². The van der Waals surface area contributed by atoms with Gasteiger partial charge in [0.05, 0.1) is 30.0 Å². The third kappa shape index (κ3) is 4.59. The van der Waals surface area contributed by atoms with Crippen molar-refractivity contribution in [3.63, 3.8) is 0 Å². The summed E-state index contributed by atoms with van der Waals surface area (Å²) in [6, 6.07) is 12.9. The second-order valence-corrected chi connectivity index (χ2v) is 6.77. The van der Waals surface area contributed by atoms with Gasteiger partial charge in [-0.2, -0.15) is 0 Å². The smallest absolute Gasteiger partial charge is 0.341 e. The first-order valence-corrected chi connectivity index (χ1v) is 10.2. The van der Waals surface area contributed by atoms with E-state index < -0.39 is 5.97 Å². The minimum Gasteiger partial charge on any atom is -0.462 e. The highest BCUT2D eigenvalue weighted by Crippen LogP contribution is 2.31. The summed E-state index contributed by atoms with van der Waals surface area (Å²) in [5.41, 5.74) is 4.16. The summed E-state index contributed by atoms with van der Waals surface area (Å²) in [7, 11) is 0. The average molecular weight is 406 g/mol. The first kappa shape index (κ1) is 21.3. The SMILES string of the molecule is CCCOC(=O)c1ccc(Nc2c(C(=O)OCC)cnc3c(CC)cccc23)cc1. The van der Waals surface area contributed by atoms with Crippen molar-refractivity contribution in [2.45, 2.75) is 33.6 Å². The van der Waals surface area contributed by atoms with Crippen molar-refractivity contribution in [1.82, 2.24) is 4.98 Å². The summed E-state index contributed by atoms with van der Waals surface area (Å²) in [4.78, 5) is 29.1. The van der Waals surface area contributed by atoms with Gasteiger partial charge in [0.2, 0.25) is 0 Å². The lowest BCUT2D eigenvalue weighted by Gasteiger charge is -2.15. The number of rotatable bonds is 8. The van der Waals surface area contributed by atoms with Crippen molar-refractivity contribution in [2.75, 3.05) is 18.5 Å². The first-order chi connectivity index (χ1) is 14.6. The molecule has 0 unspecified atom stereocenters. The fourth-order valence-corrected chi connectivity index (χ4v) is 3.18. The van der Waals surface area contributed by atoms with E-state index in [-0.39, 0.29) is 12.6 Å². The van der Waals surface area contributed by atoms with Gasteiger partial charge in [0.15, 0.2) is 0 Å². The molecule has 0 bridgehead atoms. The fraction of sp³-hybridized carbons (Fsp3) is 0.292. The second-order valence-electron chi connectivity index (χ2n) is 6.77. The van der Waals surface area contributed by atoms with Crippen molar-refractivity contribution < 1.29 is 19.1 Å². The van der Waals surface area contributed by atoms with E-state index in [2.05, 4.69) is 17.2 Å². The van der Waals surface area contributed by atoms with Crippen LogP contribution in [0.1, 0.15) is 53.5 Å². The van der Waals surface area contributed by atoms with Crippen LogP contribution in [0.5, 0.6) is 0 Å². The standard InChI is InChI=1S/C24H26N2O4/c1-4-14-30-23(27)17-10-12-18(13-11-17)26-22-19-9-7-8-16(5-2)21(19)25-15-20(22)24(28)29-6-3/h7-13,15H,4-6,14H2,1-3H3,(H,25,26). The summed E-state index contributed by atoms with van der Waals surface area (Å²) in [6.45, 7) is 6.46. The Morgan fingerprint density at radius 1 is 0.967 bits per heavy atom. The average Bonchev–Trinajstić information content (AvgIpc) is 2.77. The number of hydrogen-bond donors (Lipinski definition) is 1. The number of pyridine rings is 1. The van der Waals surface area contributed by atoms with Gasteiger partial charge >= 0.3 is 11.9 Å². The van der Waals surface area contributed by atoms with E-state index in [4.69, 9.17) is 9.47 Å². The Hall–Kier alpha value is -3.41. The molecule has 30 heavy (non-hydrogen) atoms. The zero-order chi connectivity index (χ0) is 21.5. The lowest BCUT2D eigenvalue weighted by atomic mass is 10.0. The molecule has 3 aromatic rings. The van der Waals surface area contributed by atoms with Crippen molar-refractivity contribution in [1.29, 1.82) is 0 Å². The van der Waals surface area contributed by atoms with Gasteiger partial charge < -0.3 is 14.8 Å². The molecule has 0 atom stereocenters. The zero-order valence-corrected chi connectivity index (χ0v) is 17.5. The predicted molar refractivity (Wildman–Crippen MR) is 117 cm³/mol. The van der Waals surface area contributed by atoms with Crippen LogP contribution in [0.25, 0.3) is 10.9 Å². The van der Waals surface area contributed by atoms with Crippen LogP contribution >= 0.6 is 0 Å². The molecule has 0 radical (unpaired) electrons. The molecule has 0 aliphatic heterocycles. The van der Waals surface area contributed by atoms with Gasteiger partial charge in [0, 0.05) is 17.3 Å². The van der Waals surface area contributed by atoms with Crippen LogP contribution in [0, 0.1) is 0 Å². The topological polar surface area (TPSA) is 77.5 Å². The number of carbonyl (C=O) groups excluding carboxylic acids is 2. The van der Waals surface area contributed by atoms with Crippen LogP contribution < -0.4 is 5.32 Å². The summed E-state index contributed by atoms with van der Waals surface area (Å²) in [6.07, 6.45) is 3.16. The summed E-state index contributed by atoms with van der Waals surface area (Å²) in [5.74, 6) is -0.784. The molecule has 0 saturated carbocycles. The molecule has 0 fully saturated rings. The van der Waals surface area contributed by atoms with Gasteiger partial charge in [0.1, 0.15) is 5.56 Å². The minimum absolute atomic E-state index is 0.278. The molecule has 0 spiro atoms. The number of nitrogens with one attached hydrogen (secondary N) is 1. The Balaban J connectivity index is 2.00. The number of nitrogens with zero attached hydrogens (tertiary/aromatic N) is 1. The monoisotopic (exact) mass is 406 g/mol. The van der Waals surface area contributed by atoms with E-state index in [9.17, 15) is 9.59 Å². The molecule has 1 N–H and O–H groups in total. The number of anilines is 2. The molecule has 0 amide bonds. The molecule has 0 saturated heterocycles. The quantitative estimate of drug-likeness (QED) is 0.513. The Labute approximate surface area is 176 Å². The lowest BCUT2D eigenvalue weighted by Crippen LogP contribution is -2.10. The highest BCUT2D eigenvalue weighted by atomic mass is 16.5. The first-order valence-electron chi connectivity index (χ1n) is 10.2. The maximum Gasteiger partial charge on any atom is 0.341 e. The highest BCUT2D eigenvalue weighted by molar-refractivity contribution is 6.06. The van der Waals surface area contributed by atoms with Gasteiger partial charge in [-0.05, 0) is 49.6 Å². The van der Waals surface area contributed by atoms with Gasteiger partial charge in [-0.3, -0.25) is 4.98 Å². The largest absolute Gasteiger partial charge is 0.462 e. The molecule has 1 heterocycles. The van der Waals surface area contributed by atoms with Crippen LogP contribution in [0.15, 0.2) is 48.7 Å². The van der Waals surface area contributed by atoms with E-state index in [1.807, 2.05) is 25.1 Å². The van der Waals surface area contributed by atoms with Crippen molar-refractivity contribution in [3.05, 3.63) is 65.4 Å². The summed E-state index contributed by atoms with van der Waals surface area (Å²) in [5, 5.41) is 4.16. The van der Waals surface area contributed by atoms with Gasteiger partial charge in [-0.1, -0.05) is 32.0 Å². The molecule has 6 heteroatoms. The van der Waals surface area contributed by atoms with E-state index in [0.29, 0.717) is 23.4 Å². The Morgan fingerprint density at radius 2 is 1.73 bits per heavy atom. The summed E-state index contributed by atoms with van der Waals surface area (Å²) >= 11 is 0. The van der Waals surface area contributed by atoms with Crippen LogP contribution in [0.3, 0.4) is 0 Å². The number of ether oxygens (including phenoxy) is 2. The molecule has 0 aliphatic carbocycles. The van der Waals surface area contributed by atoms with E-state index in [0.717, 1.165) is 35.0 Å². The maximum absolute atomic E-state index is 12.5. The van der Waals surface area contributed by atoms with E-state index >= 15 is 0 Å². The van der Waals surface area contributed by atoms with E-state index in [1.54, 1.807) is 37.4 Å². The van der Waals surface area contributed by atoms with Gasteiger partial charge in [-0.25, -0.2) is 9.59 Å². The molecule has 2 aromatic carbocycles. The molecule has 3 rings (SSSR count). The fourth-order valence-electron chi connectivity index (χ4n) is 3.18. The number of para-hydroxylation sites is 1. The number of fused-ring (bicyclic) bond motifs is 1. The number of hydrogen-bond acceptors (Lipinski definition) is 6. The Bertz CT molecular complexity index is 1050. The summed E-state index contributed by atoms with van der Waals surface area (Å²) < 4.78 is 10.4. The van der Waals surface area contributed by atoms with Crippen LogP contribution in [0.2, 0.25) is 0 Å². The minimum atomic E-state index is -0.434. The molecular weight excluding hydrogens is 380 g/mol. The maximum atomic E-state index is 12.5. The zero-order valence-electron chi connectivity index (χ0n) is 17.5. The van der Waals surface area contributed by atoms with Crippen molar-refractivity contribution in [3.8, 4) is 0 Å². The number of aryl methyl sites for hydroxylation is 1. The number of benzene rings is 2. The molecule has 0 aliphatic rings. The molecule has 156 valence electrons. The third-order valence-electron chi connectivity index (χ3n) is 4.68. The molecule has 1 aromatic heterocycles. The lowest BCUT2D eigenvalue weighted by molar-refractivity contribution is 0.0501. The van der Waals surface area contributed by atoms with Crippen molar-refractivity contribution in [2.24, 2.45) is 0 Å². The van der Waals surface area contributed by atoms with Gasteiger partial charge in [-0.15, -0.1) is 0 Å². The highest BCUT2D eigenvalue weighted by Gasteiger charge is 2.18. The van der Waals surface area contributed by atoms with Crippen LogP contribution in [-0.2, 0) is 15.9 Å². The second kappa shape index (κ2) is 9.87. The van der Waals surface area contributed by atoms with Crippen LogP contribution in [0.4, 0.5) is 11.4 Å². The number of carbonyl (C=O) groups is 2. The van der Waals surface area contributed by atoms with Gasteiger partial charge in [0.25, 0.3) is 0 Å². The predicted octanol–water partition coefficient (Wildman–Crippen LogP) is 5.28. The number of aromatic nitrogens is 1. The third-order valence-corrected chi connectivity index (χ3v) is 4.68. The Morgan fingerprint density at radius 3 is 2.40 bits per heavy atom. The molecular formula is C24H26N2O4. The normalized spacial score (nSPS) is 10.6. The Kier molecular flexibility index (Phi) is 7.01. The van der Waals surface area contributed by atoms with Crippen LogP contribution in [-0.4, -0.2) is 30.1 Å². The number of esters is 2. The molecule has 6 nitrogen and oxygen atoms in total. The van der Waals surface area contributed by atoms with Crippen molar-refractivity contribution >= 4 is 34.2 Å².